The number of anilines is 2. The van der Waals surface area contributed by atoms with E-state index in [1.165, 1.54) is 6.07 Å². The van der Waals surface area contributed by atoms with Crippen LogP contribution in [0.15, 0.2) is 36.4 Å². The van der Waals surface area contributed by atoms with Crippen molar-refractivity contribution in [2.45, 2.75) is 6.92 Å². The molecule has 0 aliphatic carbocycles. The molecule has 0 saturated carbocycles. The van der Waals surface area contributed by atoms with Crippen LogP contribution in [0, 0.1) is 12.7 Å². The zero-order valence-corrected chi connectivity index (χ0v) is 13.4. The number of nitrogens with one attached hydrogen (secondary N) is 2. The van der Waals surface area contributed by atoms with Gasteiger partial charge in [0, 0.05) is 11.8 Å². The highest BCUT2D eigenvalue weighted by molar-refractivity contribution is 7.80. The molecule has 0 aromatic heterocycles. The summed E-state index contributed by atoms with van der Waals surface area (Å²) in [6.45, 7) is 1.88. The number of rotatable bonds is 4. The lowest BCUT2D eigenvalue weighted by Crippen LogP contribution is -2.19. The molecule has 0 amide bonds. The van der Waals surface area contributed by atoms with Crippen LogP contribution in [-0.4, -0.2) is 19.3 Å². The SMILES string of the molecule is COc1ccc(NC(=S)Nc2cc(C)ccc2F)cc1OC. The first-order valence-electron chi connectivity index (χ1n) is 6.59. The van der Waals surface area contributed by atoms with Crippen LogP contribution in [0.4, 0.5) is 15.8 Å². The predicted molar refractivity (Wildman–Crippen MR) is 90.5 cm³/mol. The van der Waals surface area contributed by atoms with Gasteiger partial charge >= 0.3 is 0 Å². The van der Waals surface area contributed by atoms with E-state index in [2.05, 4.69) is 10.6 Å². The quantitative estimate of drug-likeness (QED) is 0.835. The van der Waals surface area contributed by atoms with Gasteiger partial charge in [0.25, 0.3) is 0 Å². The Balaban J connectivity index is 2.10. The normalized spacial score (nSPS) is 10.0. The first-order chi connectivity index (χ1) is 10.5. The minimum atomic E-state index is -0.359. The van der Waals surface area contributed by atoms with Crippen molar-refractivity contribution in [2.75, 3.05) is 24.9 Å². The predicted octanol–water partition coefficient (Wildman–Crippen LogP) is 3.96. The van der Waals surface area contributed by atoms with Gasteiger partial charge in [-0.15, -0.1) is 0 Å². The summed E-state index contributed by atoms with van der Waals surface area (Å²) in [5.41, 5.74) is 1.99. The fraction of sp³-hybridized carbons (Fsp3) is 0.188. The van der Waals surface area contributed by atoms with Crippen molar-refractivity contribution in [1.29, 1.82) is 0 Å². The van der Waals surface area contributed by atoms with Gasteiger partial charge in [0.2, 0.25) is 0 Å². The van der Waals surface area contributed by atoms with Crippen LogP contribution >= 0.6 is 12.2 Å². The van der Waals surface area contributed by atoms with Gasteiger partial charge in [-0.1, -0.05) is 6.07 Å². The van der Waals surface area contributed by atoms with Gasteiger partial charge in [0.1, 0.15) is 5.82 Å². The Kier molecular flexibility index (Phi) is 5.16. The van der Waals surface area contributed by atoms with E-state index in [1.807, 2.05) is 6.92 Å². The molecule has 4 nitrogen and oxygen atoms in total. The summed E-state index contributed by atoms with van der Waals surface area (Å²) in [4.78, 5) is 0. The molecule has 0 unspecified atom stereocenters. The second-order valence-electron chi connectivity index (χ2n) is 4.63. The first kappa shape index (κ1) is 16.0. The Bertz CT molecular complexity index is 692. The minimum absolute atomic E-state index is 0.289. The van der Waals surface area contributed by atoms with Crippen LogP contribution in [0.1, 0.15) is 5.56 Å². The van der Waals surface area contributed by atoms with Crippen molar-refractivity contribution in [3.8, 4) is 11.5 Å². The van der Waals surface area contributed by atoms with E-state index in [4.69, 9.17) is 21.7 Å². The van der Waals surface area contributed by atoms with Crippen LogP contribution in [0.5, 0.6) is 11.5 Å². The average Bonchev–Trinajstić information content (AvgIpc) is 2.50. The summed E-state index contributed by atoms with van der Waals surface area (Å²) in [5, 5.41) is 6.11. The smallest absolute Gasteiger partial charge is 0.175 e. The molecular weight excluding hydrogens is 303 g/mol. The highest BCUT2D eigenvalue weighted by Gasteiger charge is 2.07. The number of halogens is 1. The van der Waals surface area contributed by atoms with E-state index in [1.54, 1.807) is 44.6 Å². The fourth-order valence-corrected chi connectivity index (χ4v) is 2.16. The summed E-state index contributed by atoms with van der Waals surface area (Å²) >= 11 is 5.20. The molecule has 2 rings (SSSR count). The van der Waals surface area contributed by atoms with Crippen LogP contribution in [-0.2, 0) is 0 Å². The first-order valence-corrected chi connectivity index (χ1v) is 7.00. The van der Waals surface area contributed by atoms with Crippen molar-refractivity contribution in [1.82, 2.24) is 0 Å². The molecule has 0 heterocycles. The molecule has 0 atom stereocenters. The lowest BCUT2D eigenvalue weighted by molar-refractivity contribution is 0.355. The summed E-state index contributed by atoms with van der Waals surface area (Å²) in [6, 6.07) is 10.1. The summed E-state index contributed by atoms with van der Waals surface area (Å²) < 4.78 is 24.1. The molecule has 0 saturated heterocycles. The number of aryl methyl sites for hydroxylation is 1. The molecule has 0 bridgehead atoms. The lowest BCUT2D eigenvalue weighted by Gasteiger charge is -2.13. The maximum Gasteiger partial charge on any atom is 0.175 e. The van der Waals surface area contributed by atoms with Gasteiger partial charge in [-0.2, -0.15) is 0 Å². The third kappa shape index (κ3) is 3.85. The molecule has 0 aliphatic rings. The van der Waals surface area contributed by atoms with Crippen LogP contribution < -0.4 is 20.1 Å². The van der Waals surface area contributed by atoms with Gasteiger partial charge in [-0.05, 0) is 49.0 Å². The second-order valence-corrected chi connectivity index (χ2v) is 5.04. The number of thiocarbonyl (C=S) groups is 1. The van der Waals surface area contributed by atoms with Crippen molar-refractivity contribution >= 4 is 28.7 Å². The molecular formula is C16H17FN2O2S. The van der Waals surface area contributed by atoms with E-state index in [0.29, 0.717) is 22.9 Å². The van der Waals surface area contributed by atoms with Gasteiger partial charge < -0.3 is 20.1 Å². The Hall–Kier alpha value is -2.34. The standard InChI is InChI=1S/C16H17FN2O2S/c1-10-4-6-12(17)13(8-10)19-16(22)18-11-5-7-14(20-2)15(9-11)21-3/h4-9H,1-3H3,(H2,18,19,22). The van der Waals surface area contributed by atoms with Gasteiger partial charge in [0.05, 0.1) is 19.9 Å². The van der Waals surface area contributed by atoms with E-state index in [9.17, 15) is 4.39 Å². The largest absolute Gasteiger partial charge is 0.493 e. The molecule has 0 radical (unpaired) electrons. The van der Waals surface area contributed by atoms with Gasteiger partial charge in [0.15, 0.2) is 16.6 Å². The van der Waals surface area contributed by atoms with E-state index < -0.39 is 0 Å². The Labute approximate surface area is 134 Å². The number of ether oxygens (including phenoxy) is 2. The second kappa shape index (κ2) is 7.09. The molecule has 0 spiro atoms. The third-order valence-corrected chi connectivity index (χ3v) is 3.22. The Morgan fingerprint density at radius 3 is 2.41 bits per heavy atom. The molecule has 0 fully saturated rings. The average molecular weight is 320 g/mol. The molecule has 2 aromatic rings. The summed E-state index contributed by atoms with van der Waals surface area (Å²) in [6.07, 6.45) is 0. The highest BCUT2D eigenvalue weighted by atomic mass is 32.1. The molecule has 2 N–H and O–H groups in total. The minimum Gasteiger partial charge on any atom is -0.493 e. The summed E-state index contributed by atoms with van der Waals surface area (Å²) in [5.74, 6) is 0.843. The maximum atomic E-state index is 13.7. The molecule has 6 heteroatoms. The molecule has 2 aromatic carbocycles. The van der Waals surface area contributed by atoms with E-state index in [0.717, 1.165) is 5.56 Å². The topological polar surface area (TPSA) is 42.5 Å². The lowest BCUT2D eigenvalue weighted by atomic mass is 10.2. The fourth-order valence-electron chi connectivity index (χ4n) is 1.93. The van der Waals surface area contributed by atoms with Crippen LogP contribution in [0.25, 0.3) is 0 Å². The zero-order chi connectivity index (χ0) is 16.1. The number of benzene rings is 2. The van der Waals surface area contributed by atoms with Gasteiger partial charge in [-0.25, -0.2) is 4.39 Å². The highest BCUT2D eigenvalue weighted by Crippen LogP contribution is 2.29. The molecule has 0 aliphatic heterocycles. The van der Waals surface area contributed by atoms with E-state index >= 15 is 0 Å². The van der Waals surface area contributed by atoms with Crippen molar-refractivity contribution in [2.24, 2.45) is 0 Å². The van der Waals surface area contributed by atoms with Crippen LogP contribution in [0.3, 0.4) is 0 Å². The number of hydrogen-bond acceptors (Lipinski definition) is 3. The Morgan fingerprint density at radius 1 is 1.00 bits per heavy atom. The van der Waals surface area contributed by atoms with Crippen molar-refractivity contribution in [3.63, 3.8) is 0 Å². The molecule has 116 valence electrons. The van der Waals surface area contributed by atoms with Crippen molar-refractivity contribution in [3.05, 3.63) is 47.8 Å². The monoisotopic (exact) mass is 320 g/mol. The van der Waals surface area contributed by atoms with E-state index in [-0.39, 0.29) is 10.9 Å². The van der Waals surface area contributed by atoms with Crippen LogP contribution in [0.2, 0.25) is 0 Å². The molecule has 22 heavy (non-hydrogen) atoms. The summed E-state index contributed by atoms with van der Waals surface area (Å²) in [7, 11) is 3.12. The number of methoxy groups -OCH3 is 2. The van der Waals surface area contributed by atoms with Gasteiger partial charge in [-0.3, -0.25) is 0 Å². The van der Waals surface area contributed by atoms with Crippen molar-refractivity contribution < 1.29 is 13.9 Å². The maximum absolute atomic E-state index is 13.7. The Morgan fingerprint density at radius 2 is 1.73 bits per heavy atom. The number of hydrogen-bond donors (Lipinski definition) is 2. The third-order valence-electron chi connectivity index (χ3n) is 3.01. The zero-order valence-electron chi connectivity index (χ0n) is 12.6.